The standard InChI is InChI=1S/C15H20BrNO/c1-9-4-6-13(16)12(8-9)15(18)17-14-7-5-10(2)11(14)3/h4,6,8,10-11,14H,5,7H2,1-3H3,(H,17,18). The van der Waals surface area contributed by atoms with Crippen LogP contribution in [0.3, 0.4) is 0 Å². The molecule has 0 aliphatic heterocycles. The first-order chi connectivity index (χ1) is 8.49. The second-order valence-corrected chi connectivity index (χ2v) is 6.33. The Morgan fingerprint density at radius 2 is 2.06 bits per heavy atom. The lowest BCUT2D eigenvalue weighted by Crippen LogP contribution is -2.37. The van der Waals surface area contributed by atoms with Crippen molar-refractivity contribution in [1.29, 1.82) is 0 Å². The molecule has 1 aromatic carbocycles. The summed E-state index contributed by atoms with van der Waals surface area (Å²) < 4.78 is 0.865. The van der Waals surface area contributed by atoms with Gasteiger partial charge in [-0.15, -0.1) is 0 Å². The molecule has 0 spiro atoms. The fraction of sp³-hybridized carbons (Fsp3) is 0.533. The highest BCUT2D eigenvalue weighted by molar-refractivity contribution is 9.10. The monoisotopic (exact) mass is 309 g/mol. The largest absolute Gasteiger partial charge is 0.349 e. The summed E-state index contributed by atoms with van der Waals surface area (Å²) >= 11 is 3.45. The second-order valence-electron chi connectivity index (χ2n) is 5.48. The van der Waals surface area contributed by atoms with Crippen LogP contribution in [-0.4, -0.2) is 11.9 Å². The first-order valence-corrected chi connectivity index (χ1v) is 7.35. The third-order valence-electron chi connectivity index (χ3n) is 4.15. The third-order valence-corrected chi connectivity index (χ3v) is 4.84. The van der Waals surface area contributed by atoms with E-state index in [0.29, 0.717) is 17.9 Å². The molecular weight excluding hydrogens is 290 g/mol. The van der Waals surface area contributed by atoms with E-state index in [1.165, 1.54) is 6.42 Å². The Kier molecular flexibility index (Phi) is 4.10. The van der Waals surface area contributed by atoms with Gasteiger partial charge in [0.05, 0.1) is 5.56 Å². The zero-order valence-electron chi connectivity index (χ0n) is 11.2. The molecule has 0 bridgehead atoms. The molecular formula is C15H20BrNO. The maximum Gasteiger partial charge on any atom is 0.252 e. The van der Waals surface area contributed by atoms with E-state index in [9.17, 15) is 4.79 Å². The predicted molar refractivity (Wildman–Crippen MR) is 77.7 cm³/mol. The quantitative estimate of drug-likeness (QED) is 0.881. The van der Waals surface area contributed by atoms with E-state index in [4.69, 9.17) is 0 Å². The van der Waals surface area contributed by atoms with Crippen LogP contribution in [0.4, 0.5) is 0 Å². The highest BCUT2D eigenvalue weighted by Crippen LogP contribution is 2.31. The summed E-state index contributed by atoms with van der Waals surface area (Å²) in [4.78, 5) is 12.3. The van der Waals surface area contributed by atoms with E-state index < -0.39 is 0 Å². The van der Waals surface area contributed by atoms with Crippen LogP contribution in [0, 0.1) is 18.8 Å². The summed E-state index contributed by atoms with van der Waals surface area (Å²) in [5, 5.41) is 3.17. The van der Waals surface area contributed by atoms with Gasteiger partial charge in [-0.25, -0.2) is 0 Å². The van der Waals surface area contributed by atoms with E-state index >= 15 is 0 Å². The molecule has 1 aliphatic rings. The number of halogens is 1. The van der Waals surface area contributed by atoms with Gasteiger partial charge in [-0.1, -0.05) is 25.5 Å². The van der Waals surface area contributed by atoms with Crippen molar-refractivity contribution in [2.75, 3.05) is 0 Å². The number of carbonyl (C=O) groups excluding carboxylic acids is 1. The van der Waals surface area contributed by atoms with E-state index in [1.807, 2.05) is 25.1 Å². The van der Waals surface area contributed by atoms with Crippen molar-refractivity contribution in [2.24, 2.45) is 11.8 Å². The lowest BCUT2D eigenvalue weighted by atomic mass is 9.97. The van der Waals surface area contributed by atoms with Crippen molar-refractivity contribution in [3.63, 3.8) is 0 Å². The summed E-state index contributed by atoms with van der Waals surface area (Å²) in [5.41, 5.74) is 1.85. The normalized spacial score (nSPS) is 27.2. The first-order valence-electron chi connectivity index (χ1n) is 6.56. The number of benzene rings is 1. The molecule has 3 heteroatoms. The molecule has 0 heterocycles. The molecule has 0 radical (unpaired) electrons. The van der Waals surface area contributed by atoms with E-state index in [2.05, 4.69) is 35.1 Å². The summed E-state index contributed by atoms with van der Waals surface area (Å²) in [6.07, 6.45) is 2.30. The number of hydrogen-bond acceptors (Lipinski definition) is 1. The zero-order valence-corrected chi connectivity index (χ0v) is 12.8. The number of nitrogens with one attached hydrogen (secondary N) is 1. The van der Waals surface area contributed by atoms with Crippen molar-refractivity contribution >= 4 is 21.8 Å². The Labute approximate surface area is 117 Å². The molecule has 98 valence electrons. The smallest absolute Gasteiger partial charge is 0.252 e. The average molecular weight is 310 g/mol. The maximum absolute atomic E-state index is 12.3. The van der Waals surface area contributed by atoms with Gasteiger partial charge in [-0.3, -0.25) is 4.79 Å². The molecule has 1 fully saturated rings. The molecule has 1 N–H and O–H groups in total. The van der Waals surface area contributed by atoms with Crippen molar-refractivity contribution < 1.29 is 4.79 Å². The van der Waals surface area contributed by atoms with Crippen molar-refractivity contribution in [3.05, 3.63) is 33.8 Å². The summed E-state index contributed by atoms with van der Waals surface area (Å²) in [6.45, 7) is 6.50. The SMILES string of the molecule is Cc1ccc(Br)c(C(=O)NC2CCC(C)C2C)c1. The highest BCUT2D eigenvalue weighted by Gasteiger charge is 2.31. The number of rotatable bonds is 2. The molecule has 2 nitrogen and oxygen atoms in total. The van der Waals surface area contributed by atoms with Crippen LogP contribution in [0.25, 0.3) is 0 Å². The van der Waals surface area contributed by atoms with Crippen LogP contribution < -0.4 is 5.32 Å². The molecule has 1 aromatic rings. The molecule has 3 atom stereocenters. The maximum atomic E-state index is 12.3. The minimum Gasteiger partial charge on any atom is -0.349 e. The van der Waals surface area contributed by atoms with E-state index in [1.54, 1.807) is 0 Å². The minimum atomic E-state index is 0.0384. The van der Waals surface area contributed by atoms with Gasteiger partial charge in [0.1, 0.15) is 0 Å². The molecule has 1 saturated carbocycles. The van der Waals surface area contributed by atoms with Crippen LogP contribution in [0.1, 0.15) is 42.6 Å². The van der Waals surface area contributed by atoms with Crippen molar-refractivity contribution in [3.8, 4) is 0 Å². The Hall–Kier alpha value is -0.830. The van der Waals surface area contributed by atoms with Crippen LogP contribution in [0.15, 0.2) is 22.7 Å². The molecule has 0 aromatic heterocycles. The number of amides is 1. The van der Waals surface area contributed by atoms with Crippen LogP contribution in [0.5, 0.6) is 0 Å². The van der Waals surface area contributed by atoms with Gasteiger partial charge in [0.2, 0.25) is 0 Å². The van der Waals surface area contributed by atoms with Gasteiger partial charge in [0.15, 0.2) is 0 Å². The lowest BCUT2D eigenvalue weighted by molar-refractivity contribution is 0.0926. The number of carbonyl (C=O) groups is 1. The Bertz CT molecular complexity index is 458. The van der Waals surface area contributed by atoms with Crippen LogP contribution in [-0.2, 0) is 0 Å². The number of hydrogen-bond donors (Lipinski definition) is 1. The number of aryl methyl sites for hydroxylation is 1. The molecule has 18 heavy (non-hydrogen) atoms. The summed E-state index contributed by atoms with van der Waals surface area (Å²) in [7, 11) is 0. The predicted octanol–water partition coefficient (Wildman–Crippen LogP) is 3.92. The van der Waals surface area contributed by atoms with Crippen molar-refractivity contribution in [1.82, 2.24) is 5.32 Å². The average Bonchev–Trinajstić information content (AvgIpc) is 2.64. The van der Waals surface area contributed by atoms with Crippen LogP contribution in [0.2, 0.25) is 0 Å². The lowest BCUT2D eigenvalue weighted by Gasteiger charge is -2.20. The van der Waals surface area contributed by atoms with Crippen molar-refractivity contribution in [2.45, 2.75) is 39.7 Å². The van der Waals surface area contributed by atoms with Crippen LogP contribution >= 0.6 is 15.9 Å². The third kappa shape index (κ3) is 2.77. The van der Waals surface area contributed by atoms with Gasteiger partial charge in [0.25, 0.3) is 5.91 Å². The highest BCUT2D eigenvalue weighted by atomic mass is 79.9. The Morgan fingerprint density at radius 1 is 1.33 bits per heavy atom. The fourth-order valence-electron chi connectivity index (χ4n) is 2.63. The van der Waals surface area contributed by atoms with Gasteiger partial charge in [-0.2, -0.15) is 0 Å². The van der Waals surface area contributed by atoms with Gasteiger partial charge < -0.3 is 5.32 Å². The minimum absolute atomic E-state index is 0.0384. The van der Waals surface area contributed by atoms with Gasteiger partial charge >= 0.3 is 0 Å². The van der Waals surface area contributed by atoms with E-state index in [0.717, 1.165) is 22.0 Å². The Balaban J connectivity index is 2.10. The molecule has 1 aliphatic carbocycles. The van der Waals surface area contributed by atoms with Gasteiger partial charge in [0, 0.05) is 10.5 Å². The summed E-state index contributed by atoms with van der Waals surface area (Å²) in [5.74, 6) is 1.31. The second kappa shape index (κ2) is 5.43. The first kappa shape index (κ1) is 13.6. The Morgan fingerprint density at radius 3 is 2.67 bits per heavy atom. The molecule has 2 rings (SSSR count). The fourth-order valence-corrected chi connectivity index (χ4v) is 3.05. The zero-order chi connectivity index (χ0) is 13.3. The summed E-state index contributed by atoms with van der Waals surface area (Å²) in [6, 6.07) is 6.19. The molecule has 1 amide bonds. The van der Waals surface area contributed by atoms with E-state index in [-0.39, 0.29) is 5.91 Å². The molecule has 3 unspecified atom stereocenters. The molecule has 0 saturated heterocycles. The van der Waals surface area contributed by atoms with Gasteiger partial charge in [-0.05, 0) is 59.7 Å². The topological polar surface area (TPSA) is 29.1 Å².